The number of carboxylic acid groups (broad SMARTS) is 8. The molecule has 0 bridgehead atoms. The first kappa shape index (κ1) is 77.7. The van der Waals surface area contributed by atoms with E-state index in [0.29, 0.717) is 100 Å². The summed E-state index contributed by atoms with van der Waals surface area (Å²) in [6.07, 6.45) is -3.03. The van der Waals surface area contributed by atoms with Gasteiger partial charge in [0.05, 0.1) is 0 Å². The minimum absolute atomic E-state index is 0.000574. The quantitative estimate of drug-likeness (QED) is 0.0171. The number of aliphatic carboxylic acids is 8. The van der Waals surface area contributed by atoms with Crippen LogP contribution in [0, 0.1) is 6.92 Å². The fourth-order valence-corrected chi connectivity index (χ4v) is 13.2. The molecular weight excluding hydrogens is 1340 g/mol. The Morgan fingerprint density at radius 2 is 0.375 bits per heavy atom. The summed E-state index contributed by atoms with van der Waals surface area (Å²) < 4.78 is 0. The summed E-state index contributed by atoms with van der Waals surface area (Å²) in [7, 11) is 0. The molecule has 0 spiro atoms. The lowest BCUT2D eigenvalue weighted by atomic mass is 9.87. The second kappa shape index (κ2) is 35.0. The highest BCUT2D eigenvalue weighted by atomic mass is 16.4. The van der Waals surface area contributed by atoms with Crippen LogP contribution in [0.3, 0.4) is 0 Å². The van der Waals surface area contributed by atoms with Gasteiger partial charge in [-0.15, -0.1) is 0 Å². The molecule has 0 fully saturated rings. The average Bonchev–Trinajstić information content (AvgIpc) is 0.769. The molecule has 8 aromatic rings. The molecule has 0 aliphatic heterocycles. The molecule has 0 aliphatic carbocycles. The molecule has 0 amide bonds. The van der Waals surface area contributed by atoms with Crippen LogP contribution in [0.5, 0.6) is 46.0 Å². The Kier molecular flexibility index (Phi) is 26.1. The Morgan fingerprint density at radius 3 is 0.587 bits per heavy atom. The topological polar surface area (TPSA) is 460 Å². The molecule has 0 radical (unpaired) electrons. The van der Waals surface area contributed by atoms with Gasteiger partial charge in [0, 0.05) is 96.3 Å². The molecule has 0 aliphatic rings. The third-order valence-electron chi connectivity index (χ3n) is 18.7. The van der Waals surface area contributed by atoms with Gasteiger partial charge < -0.3 is 81.7 Å². The molecule has 546 valence electrons. The van der Waals surface area contributed by atoms with Gasteiger partial charge in [0.2, 0.25) is 0 Å². The molecule has 8 aromatic carbocycles. The van der Waals surface area contributed by atoms with E-state index in [1.807, 2.05) is 0 Å². The number of hydrogen-bond acceptors (Lipinski definition) is 16. The number of hydrogen-bond donors (Lipinski definition) is 16. The Hall–Kier alpha value is -12.1. The van der Waals surface area contributed by atoms with Gasteiger partial charge in [0.1, 0.15) is 46.0 Å². The standard InChI is InChI=1S/C80H82O24/c1-42-20-66(82)58(21-44(42)4-13-74(91)92)29-52-36-68(84)60(23-46(52)6-15-76(95)96)31-54-38-70(86)62(25-48(54)8-17-78(99)100)33-56-40-72(88)64(27-50(56)10-19-80(103)104)34-57-41-71(87)63(26-49(57)9-18-79(101)102)32-55-39-69(85)61(24-47(55)7-16-77(97)98)30-53-37-67(83)59(22-45(53)5-14-75(93)94)28-51-35-65(81)11-2-43(51)3-12-73(89)90/h2,11,20-27,35-41,81-88H,3-10,12-19,28-34H2,1H3,(H,89,90)(H,91,92)(H,93,94)(H,95,96)(H,97,98)(H,99,100)(H,101,102)(H,103,104). The first-order valence-electron chi connectivity index (χ1n) is 33.6. The molecule has 24 heteroatoms. The lowest BCUT2D eigenvalue weighted by Crippen LogP contribution is -2.07. The van der Waals surface area contributed by atoms with Crippen LogP contribution >= 0.6 is 0 Å². The van der Waals surface area contributed by atoms with Crippen LogP contribution < -0.4 is 0 Å². The molecule has 16 N–H and O–H groups in total. The predicted octanol–water partition coefficient (Wildman–Crippen LogP) is 10.9. The van der Waals surface area contributed by atoms with E-state index in [9.17, 15) is 120 Å². The minimum atomic E-state index is -1.17. The van der Waals surface area contributed by atoms with Gasteiger partial charge in [-0.3, -0.25) is 38.4 Å². The zero-order chi connectivity index (χ0) is 75.8. The SMILES string of the molecule is Cc1cc(O)c(Cc2cc(O)c(Cc3cc(O)c(Cc4cc(O)c(Cc5cc(O)c(Cc6cc(O)c(Cc7cc(O)c(Cc8cc(O)ccc8CCC(=O)O)cc7CCC(=O)O)cc6CCC(=O)O)cc5CCC(=O)O)cc4CCC(=O)O)cc3CCC(=O)O)cc2CCC(=O)O)cc1CCC(=O)O. The fourth-order valence-electron chi connectivity index (χ4n) is 13.2. The molecule has 104 heavy (non-hydrogen) atoms. The van der Waals surface area contributed by atoms with E-state index in [2.05, 4.69) is 0 Å². The first-order chi connectivity index (χ1) is 49.2. The van der Waals surface area contributed by atoms with E-state index >= 15 is 0 Å². The maximum absolute atomic E-state index is 12.2. The van der Waals surface area contributed by atoms with Crippen molar-refractivity contribution in [3.05, 3.63) is 231 Å². The van der Waals surface area contributed by atoms with Crippen molar-refractivity contribution in [3.8, 4) is 46.0 Å². The van der Waals surface area contributed by atoms with Crippen molar-refractivity contribution in [2.45, 2.75) is 155 Å². The van der Waals surface area contributed by atoms with Crippen molar-refractivity contribution in [2.24, 2.45) is 0 Å². The highest BCUT2D eigenvalue weighted by molar-refractivity contribution is 5.71. The van der Waals surface area contributed by atoms with Crippen molar-refractivity contribution >= 4 is 47.8 Å². The maximum atomic E-state index is 12.2. The molecule has 0 atom stereocenters. The van der Waals surface area contributed by atoms with Crippen LogP contribution in [0.15, 0.2) is 103 Å². The Labute approximate surface area is 597 Å². The number of benzene rings is 8. The van der Waals surface area contributed by atoms with Crippen LogP contribution in [-0.4, -0.2) is 129 Å². The molecule has 8 rings (SSSR count). The molecule has 24 nitrogen and oxygen atoms in total. The van der Waals surface area contributed by atoms with E-state index in [-0.39, 0.29) is 221 Å². The summed E-state index contributed by atoms with van der Waals surface area (Å²) in [5.41, 5.74) is 9.55. The van der Waals surface area contributed by atoms with Crippen molar-refractivity contribution in [3.63, 3.8) is 0 Å². The maximum Gasteiger partial charge on any atom is 0.303 e. The van der Waals surface area contributed by atoms with Crippen molar-refractivity contribution < 1.29 is 120 Å². The second-order valence-electron chi connectivity index (χ2n) is 26.2. The van der Waals surface area contributed by atoms with Gasteiger partial charge in [-0.2, -0.15) is 0 Å². The Morgan fingerprint density at radius 1 is 0.202 bits per heavy atom. The van der Waals surface area contributed by atoms with Gasteiger partial charge in [0.25, 0.3) is 0 Å². The molecule has 0 heterocycles. The van der Waals surface area contributed by atoms with E-state index in [1.54, 1.807) is 55.5 Å². The summed E-state index contributed by atoms with van der Waals surface area (Å²) in [6, 6.07) is 25.6. The van der Waals surface area contributed by atoms with E-state index in [4.69, 9.17) is 0 Å². The third kappa shape index (κ3) is 21.7. The number of carbonyl (C=O) groups is 8. The zero-order valence-electron chi connectivity index (χ0n) is 57.0. The highest BCUT2D eigenvalue weighted by Gasteiger charge is 2.24. The number of aryl methyl sites for hydroxylation is 9. The highest BCUT2D eigenvalue weighted by Crippen LogP contribution is 2.39. The van der Waals surface area contributed by atoms with Gasteiger partial charge in [-0.05, 0) is 241 Å². The summed E-state index contributed by atoms with van der Waals surface area (Å²) in [4.78, 5) is 95.1. The number of phenolic OH excluding ortho intramolecular Hbond substituents is 8. The van der Waals surface area contributed by atoms with E-state index in [0.717, 1.165) is 0 Å². The Bertz CT molecular complexity index is 4640. The predicted molar refractivity (Wildman–Crippen MR) is 377 cm³/mol. The second-order valence-corrected chi connectivity index (χ2v) is 26.2. The average molecular weight is 1430 g/mol. The lowest BCUT2D eigenvalue weighted by molar-refractivity contribution is -0.138. The van der Waals surface area contributed by atoms with Crippen LogP contribution in [0.4, 0.5) is 0 Å². The number of rotatable bonds is 38. The largest absolute Gasteiger partial charge is 0.508 e. The van der Waals surface area contributed by atoms with Crippen molar-refractivity contribution in [1.82, 2.24) is 0 Å². The molecule has 0 unspecified atom stereocenters. The summed E-state index contributed by atoms with van der Waals surface area (Å²) in [5, 5.41) is 169. The summed E-state index contributed by atoms with van der Waals surface area (Å²) in [5.74, 6) is -10.7. The summed E-state index contributed by atoms with van der Waals surface area (Å²) in [6.45, 7) is 1.73. The normalized spacial score (nSPS) is 11.2. The smallest absolute Gasteiger partial charge is 0.303 e. The number of carboxylic acids is 8. The van der Waals surface area contributed by atoms with Gasteiger partial charge in [-0.25, -0.2) is 0 Å². The van der Waals surface area contributed by atoms with Crippen LogP contribution in [0.25, 0.3) is 0 Å². The molecular formula is C80H82O24. The van der Waals surface area contributed by atoms with Gasteiger partial charge >= 0.3 is 47.8 Å². The first-order valence-corrected chi connectivity index (χ1v) is 33.6. The van der Waals surface area contributed by atoms with E-state index in [1.165, 1.54) is 54.6 Å². The lowest BCUT2D eigenvalue weighted by Gasteiger charge is -2.19. The molecule has 0 saturated heterocycles. The monoisotopic (exact) mass is 1430 g/mol. The number of aromatic hydroxyl groups is 8. The molecule has 0 saturated carbocycles. The molecule has 0 aromatic heterocycles. The third-order valence-corrected chi connectivity index (χ3v) is 18.7. The Balaban J connectivity index is 1.10. The van der Waals surface area contributed by atoms with Crippen molar-refractivity contribution in [2.75, 3.05) is 0 Å². The fraction of sp³-hybridized carbons (Fsp3) is 0.300. The van der Waals surface area contributed by atoms with Gasteiger partial charge in [0.15, 0.2) is 0 Å². The van der Waals surface area contributed by atoms with E-state index < -0.39 is 47.8 Å². The van der Waals surface area contributed by atoms with Crippen LogP contribution in [0.1, 0.15) is 179 Å². The van der Waals surface area contributed by atoms with Crippen LogP contribution in [0.2, 0.25) is 0 Å². The summed E-state index contributed by atoms with van der Waals surface area (Å²) >= 11 is 0. The van der Waals surface area contributed by atoms with Crippen LogP contribution in [-0.2, 0) is 135 Å². The van der Waals surface area contributed by atoms with Crippen molar-refractivity contribution in [1.29, 1.82) is 0 Å². The van der Waals surface area contributed by atoms with Gasteiger partial charge in [-0.1, -0.05) is 48.5 Å². The zero-order valence-corrected chi connectivity index (χ0v) is 57.0. The minimum Gasteiger partial charge on any atom is -0.508 e. The number of phenols is 8.